The van der Waals surface area contributed by atoms with Gasteiger partial charge in [0.25, 0.3) is 5.91 Å². The Balaban J connectivity index is 2.81. The number of hydrogen-bond acceptors (Lipinski definition) is 4. The SMILES string of the molecule is COCC(CCl)NC(=O)c1ccc([N+](=O)[O-])n1C. The van der Waals surface area contributed by atoms with Crippen LogP contribution >= 0.6 is 11.6 Å². The van der Waals surface area contributed by atoms with Crippen LogP contribution in [0, 0.1) is 10.1 Å². The molecule has 0 bridgehead atoms. The lowest BCUT2D eigenvalue weighted by molar-refractivity contribution is -0.391. The first-order valence-corrected chi connectivity index (χ1v) is 5.70. The minimum atomic E-state index is -0.551. The third kappa shape index (κ3) is 3.21. The molecule has 1 rings (SSSR count). The van der Waals surface area contributed by atoms with E-state index in [1.165, 1.54) is 30.9 Å². The van der Waals surface area contributed by atoms with Gasteiger partial charge in [-0.15, -0.1) is 11.6 Å². The quantitative estimate of drug-likeness (QED) is 0.475. The fourth-order valence-corrected chi connectivity index (χ4v) is 1.66. The van der Waals surface area contributed by atoms with Crippen molar-refractivity contribution in [3.8, 4) is 0 Å². The third-order valence-electron chi connectivity index (χ3n) is 2.40. The van der Waals surface area contributed by atoms with E-state index >= 15 is 0 Å². The van der Waals surface area contributed by atoms with Gasteiger partial charge in [-0.3, -0.25) is 4.79 Å². The van der Waals surface area contributed by atoms with Gasteiger partial charge in [0.2, 0.25) is 0 Å². The Labute approximate surface area is 109 Å². The summed E-state index contributed by atoms with van der Waals surface area (Å²) in [5, 5.41) is 13.3. The van der Waals surface area contributed by atoms with E-state index in [0.29, 0.717) is 0 Å². The molecule has 8 heteroatoms. The van der Waals surface area contributed by atoms with E-state index in [9.17, 15) is 14.9 Å². The zero-order chi connectivity index (χ0) is 13.7. The maximum Gasteiger partial charge on any atom is 0.323 e. The molecule has 1 aromatic heterocycles. The van der Waals surface area contributed by atoms with Gasteiger partial charge in [0.1, 0.15) is 0 Å². The molecule has 0 saturated carbocycles. The number of amides is 1. The monoisotopic (exact) mass is 275 g/mol. The van der Waals surface area contributed by atoms with Crippen LogP contribution in [0.4, 0.5) is 5.82 Å². The first-order chi connectivity index (χ1) is 8.51. The molecular weight excluding hydrogens is 262 g/mol. The van der Waals surface area contributed by atoms with E-state index in [2.05, 4.69) is 5.32 Å². The number of carbonyl (C=O) groups excluding carboxylic acids is 1. The molecule has 1 heterocycles. The molecule has 0 aromatic carbocycles. The first kappa shape index (κ1) is 14.5. The number of nitrogens with zero attached hydrogens (tertiary/aromatic N) is 2. The molecule has 100 valence electrons. The van der Waals surface area contributed by atoms with Crippen molar-refractivity contribution in [3.05, 3.63) is 27.9 Å². The fraction of sp³-hybridized carbons (Fsp3) is 0.500. The first-order valence-electron chi connectivity index (χ1n) is 5.17. The van der Waals surface area contributed by atoms with Crippen LogP contribution in [0.2, 0.25) is 0 Å². The van der Waals surface area contributed by atoms with Gasteiger partial charge >= 0.3 is 5.82 Å². The average Bonchev–Trinajstić information content (AvgIpc) is 2.70. The lowest BCUT2D eigenvalue weighted by Crippen LogP contribution is -2.40. The Bertz CT molecular complexity index is 446. The zero-order valence-electron chi connectivity index (χ0n) is 10.1. The second kappa shape index (κ2) is 6.36. The molecule has 0 spiro atoms. The molecule has 0 saturated heterocycles. The minimum absolute atomic E-state index is 0.144. The van der Waals surface area contributed by atoms with Crippen molar-refractivity contribution in [2.24, 2.45) is 7.05 Å². The molecule has 7 nitrogen and oxygen atoms in total. The highest BCUT2D eigenvalue weighted by Gasteiger charge is 2.22. The molecule has 1 amide bonds. The van der Waals surface area contributed by atoms with Crippen LogP contribution in [-0.2, 0) is 11.8 Å². The van der Waals surface area contributed by atoms with Crippen molar-refractivity contribution in [3.63, 3.8) is 0 Å². The number of rotatable bonds is 6. The van der Waals surface area contributed by atoms with Crippen LogP contribution in [0.5, 0.6) is 0 Å². The highest BCUT2D eigenvalue weighted by atomic mass is 35.5. The lowest BCUT2D eigenvalue weighted by Gasteiger charge is -2.14. The number of halogens is 1. The van der Waals surface area contributed by atoms with Crippen LogP contribution in [0.3, 0.4) is 0 Å². The Kier molecular flexibility index (Phi) is 5.11. The summed E-state index contributed by atoms with van der Waals surface area (Å²) in [4.78, 5) is 22.0. The number of nitro groups is 1. The van der Waals surface area contributed by atoms with Crippen LogP contribution in [0.25, 0.3) is 0 Å². The molecule has 1 N–H and O–H groups in total. The summed E-state index contributed by atoms with van der Waals surface area (Å²) < 4.78 is 6.11. The van der Waals surface area contributed by atoms with Crippen molar-refractivity contribution in [1.29, 1.82) is 0 Å². The van der Waals surface area contributed by atoms with Crippen LogP contribution in [0.15, 0.2) is 12.1 Å². The van der Waals surface area contributed by atoms with Crippen molar-refractivity contribution in [1.82, 2.24) is 9.88 Å². The third-order valence-corrected chi connectivity index (χ3v) is 2.78. The number of ether oxygens (including phenoxy) is 1. The van der Waals surface area contributed by atoms with E-state index < -0.39 is 10.8 Å². The highest BCUT2D eigenvalue weighted by molar-refractivity contribution is 6.18. The molecule has 0 fully saturated rings. The number of aromatic nitrogens is 1. The van der Waals surface area contributed by atoms with Crippen molar-refractivity contribution in [2.75, 3.05) is 19.6 Å². The molecule has 0 radical (unpaired) electrons. The topological polar surface area (TPSA) is 86.4 Å². The lowest BCUT2D eigenvalue weighted by atomic mass is 10.3. The van der Waals surface area contributed by atoms with E-state index in [1.807, 2.05) is 0 Å². The van der Waals surface area contributed by atoms with Gasteiger partial charge in [-0.1, -0.05) is 0 Å². The molecule has 18 heavy (non-hydrogen) atoms. The Morgan fingerprint density at radius 3 is 2.78 bits per heavy atom. The molecule has 1 aromatic rings. The second-order valence-corrected chi connectivity index (χ2v) is 3.98. The summed E-state index contributed by atoms with van der Waals surface area (Å²) in [6, 6.07) is 2.34. The Hall–Kier alpha value is -1.60. The number of carbonyl (C=O) groups is 1. The molecule has 1 atom stereocenters. The molecular formula is C10H14ClN3O4. The second-order valence-electron chi connectivity index (χ2n) is 3.67. The molecule has 1 unspecified atom stereocenters. The maximum atomic E-state index is 11.9. The normalized spacial score (nSPS) is 12.2. The van der Waals surface area contributed by atoms with Gasteiger partial charge in [-0.05, 0) is 11.0 Å². The summed E-state index contributed by atoms with van der Waals surface area (Å²) in [5.74, 6) is -0.367. The average molecular weight is 276 g/mol. The molecule has 0 aliphatic rings. The van der Waals surface area contributed by atoms with Gasteiger partial charge in [-0.2, -0.15) is 0 Å². The fourth-order valence-electron chi connectivity index (χ4n) is 1.50. The van der Waals surface area contributed by atoms with E-state index in [4.69, 9.17) is 16.3 Å². The maximum absolute atomic E-state index is 11.9. The predicted molar refractivity (Wildman–Crippen MR) is 65.9 cm³/mol. The smallest absolute Gasteiger partial charge is 0.323 e. The van der Waals surface area contributed by atoms with Gasteiger partial charge in [-0.25, -0.2) is 4.57 Å². The zero-order valence-corrected chi connectivity index (χ0v) is 10.8. The van der Waals surface area contributed by atoms with Crippen LogP contribution in [0.1, 0.15) is 10.5 Å². The van der Waals surface area contributed by atoms with Gasteiger partial charge in [0.15, 0.2) is 5.69 Å². The highest BCUT2D eigenvalue weighted by Crippen LogP contribution is 2.14. The standard InChI is InChI=1S/C10H14ClN3O4/c1-13-8(3-4-9(13)14(16)17)10(15)12-7(5-11)6-18-2/h3-4,7H,5-6H2,1-2H3,(H,12,15). The number of alkyl halides is 1. The number of methoxy groups -OCH3 is 1. The summed E-state index contributed by atoms with van der Waals surface area (Å²) >= 11 is 5.66. The minimum Gasteiger partial charge on any atom is -0.383 e. The Morgan fingerprint density at radius 1 is 1.67 bits per heavy atom. The predicted octanol–water partition coefficient (Wildman–Crippen LogP) is 0.917. The van der Waals surface area contributed by atoms with E-state index in [1.54, 1.807) is 0 Å². The Morgan fingerprint density at radius 2 is 2.33 bits per heavy atom. The van der Waals surface area contributed by atoms with Gasteiger partial charge in [0.05, 0.1) is 19.7 Å². The van der Waals surface area contributed by atoms with Gasteiger partial charge < -0.3 is 20.2 Å². The summed E-state index contributed by atoms with van der Waals surface area (Å²) in [7, 11) is 2.96. The van der Waals surface area contributed by atoms with Crippen molar-refractivity contribution < 1.29 is 14.5 Å². The van der Waals surface area contributed by atoms with Crippen molar-refractivity contribution >= 4 is 23.3 Å². The van der Waals surface area contributed by atoms with Gasteiger partial charge in [0, 0.05) is 19.1 Å². The van der Waals surface area contributed by atoms with Crippen LogP contribution in [-0.4, -0.2) is 41.0 Å². The number of nitrogens with one attached hydrogen (secondary N) is 1. The molecule has 0 aliphatic heterocycles. The van der Waals surface area contributed by atoms with Crippen LogP contribution < -0.4 is 5.32 Å². The molecule has 0 aliphatic carbocycles. The number of hydrogen-bond donors (Lipinski definition) is 1. The van der Waals surface area contributed by atoms with E-state index in [-0.39, 0.29) is 30.0 Å². The summed E-state index contributed by atoms with van der Waals surface area (Å²) in [5.41, 5.74) is 0.202. The van der Waals surface area contributed by atoms with E-state index in [0.717, 1.165) is 0 Å². The van der Waals surface area contributed by atoms with Crippen molar-refractivity contribution in [2.45, 2.75) is 6.04 Å². The summed E-state index contributed by atoms with van der Waals surface area (Å²) in [6.07, 6.45) is 0. The largest absolute Gasteiger partial charge is 0.383 e. The summed E-state index contributed by atoms with van der Waals surface area (Å²) in [6.45, 7) is 0.280.